The van der Waals surface area contributed by atoms with E-state index in [1.165, 1.54) is 6.07 Å². The van der Waals surface area contributed by atoms with Crippen molar-refractivity contribution >= 4 is 23.2 Å². The van der Waals surface area contributed by atoms with Crippen LogP contribution in [0.2, 0.25) is 5.02 Å². The maximum Gasteiger partial charge on any atom is 0.196 e. The number of aliphatic imine (C=N–C) groups is 1. The predicted octanol–water partition coefficient (Wildman–Crippen LogP) is 3.36. The van der Waals surface area contributed by atoms with Gasteiger partial charge in [0.25, 0.3) is 0 Å². The predicted molar refractivity (Wildman–Crippen MR) is 79.6 cm³/mol. The number of anilines is 1. The summed E-state index contributed by atoms with van der Waals surface area (Å²) in [5.41, 5.74) is 7.34. The Kier molecular flexibility index (Phi) is 3.32. The molecule has 0 spiro atoms. The zero-order chi connectivity index (χ0) is 14.1. The number of halogens is 2. The second-order valence-corrected chi connectivity index (χ2v) is 4.97. The third-order valence-corrected chi connectivity index (χ3v) is 3.65. The molecule has 0 saturated heterocycles. The van der Waals surface area contributed by atoms with Crippen LogP contribution in [0.4, 0.5) is 10.1 Å². The van der Waals surface area contributed by atoms with Gasteiger partial charge >= 0.3 is 0 Å². The number of hydrogen-bond acceptors (Lipinski definition) is 3. The van der Waals surface area contributed by atoms with Crippen LogP contribution in [0.25, 0.3) is 0 Å². The Morgan fingerprint density at radius 3 is 2.65 bits per heavy atom. The van der Waals surface area contributed by atoms with Crippen LogP contribution >= 0.6 is 11.6 Å². The number of para-hydroxylation sites is 1. The van der Waals surface area contributed by atoms with Crippen LogP contribution in [-0.4, -0.2) is 12.5 Å². The van der Waals surface area contributed by atoms with Gasteiger partial charge in [0.2, 0.25) is 0 Å². The van der Waals surface area contributed by atoms with Crippen LogP contribution < -0.4 is 10.6 Å². The van der Waals surface area contributed by atoms with Crippen LogP contribution in [0.5, 0.6) is 0 Å². The molecule has 2 aromatic carbocycles. The molecule has 0 radical (unpaired) electrons. The highest BCUT2D eigenvalue weighted by Gasteiger charge is 2.31. The van der Waals surface area contributed by atoms with Gasteiger partial charge in [-0.1, -0.05) is 41.9 Å². The van der Waals surface area contributed by atoms with Gasteiger partial charge in [-0.3, -0.25) is 4.99 Å². The number of nitrogens with zero attached hydrogens (tertiary/aromatic N) is 2. The van der Waals surface area contributed by atoms with E-state index in [4.69, 9.17) is 17.3 Å². The Hall–Kier alpha value is -2.07. The van der Waals surface area contributed by atoms with E-state index in [1.54, 1.807) is 12.1 Å². The molecule has 20 heavy (non-hydrogen) atoms. The fraction of sp³-hybridized carbons (Fsp3) is 0.133. The number of nitrogens with two attached hydrogens (primary N) is 1. The molecule has 0 saturated carbocycles. The first-order valence-electron chi connectivity index (χ1n) is 6.26. The maximum absolute atomic E-state index is 14.2. The van der Waals surface area contributed by atoms with Crippen molar-refractivity contribution in [2.24, 2.45) is 10.7 Å². The first kappa shape index (κ1) is 12.9. The SMILES string of the molecule is NC1=NCC(c2cccc(Cl)c2F)N1c1ccccc1. The summed E-state index contributed by atoms with van der Waals surface area (Å²) in [5.74, 6) is -0.0226. The van der Waals surface area contributed by atoms with Gasteiger partial charge in [-0.15, -0.1) is 0 Å². The first-order valence-corrected chi connectivity index (χ1v) is 6.64. The van der Waals surface area contributed by atoms with Crippen molar-refractivity contribution in [2.75, 3.05) is 11.4 Å². The third kappa shape index (κ3) is 2.12. The van der Waals surface area contributed by atoms with Crippen molar-refractivity contribution in [1.29, 1.82) is 0 Å². The lowest BCUT2D eigenvalue weighted by Crippen LogP contribution is -2.36. The molecule has 0 aromatic heterocycles. The fourth-order valence-corrected chi connectivity index (χ4v) is 2.60. The molecular formula is C15H13ClFN3. The summed E-state index contributed by atoms with van der Waals surface area (Å²) < 4.78 is 14.2. The van der Waals surface area contributed by atoms with Crippen LogP contribution in [-0.2, 0) is 0 Å². The lowest BCUT2D eigenvalue weighted by molar-refractivity contribution is 0.590. The van der Waals surface area contributed by atoms with Crippen molar-refractivity contribution in [3.8, 4) is 0 Å². The van der Waals surface area contributed by atoms with Gasteiger partial charge in [-0.2, -0.15) is 0 Å². The highest BCUT2D eigenvalue weighted by molar-refractivity contribution is 6.30. The lowest BCUT2D eigenvalue weighted by Gasteiger charge is -2.27. The van der Waals surface area contributed by atoms with Crippen LogP contribution in [0, 0.1) is 5.82 Å². The van der Waals surface area contributed by atoms with E-state index >= 15 is 0 Å². The highest BCUT2D eigenvalue weighted by atomic mass is 35.5. The lowest BCUT2D eigenvalue weighted by atomic mass is 10.0. The Bertz CT molecular complexity index is 657. The average molecular weight is 290 g/mol. The molecule has 0 amide bonds. The van der Waals surface area contributed by atoms with E-state index in [0.717, 1.165) is 5.69 Å². The summed E-state index contributed by atoms with van der Waals surface area (Å²) in [4.78, 5) is 6.06. The van der Waals surface area contributed by atoms with E-state index in [9.17, 15) is 4.39 Å². The summed E-state index contributed by atoms with van der Waals surface area (Å²) in [6.07, 6.45) is 0. The largest absolute Gasteiger partial charge is 0.369 e. The molecule has 102 valence electrons. The van der Waals surface area contributed by atoms with E-state index in [1.807, 2.05) is 35.2 Å². The third-order valence-electron chi connectivity index (χ3n) is 3.36. The number of benzene rings is 2. The van der Waals surface area contributed by atoms with Crippen molar-refractivity contribution in [3.63, 3.8) is 0 Å². The molecule has 0 bridgehead atoms. The Morgan fingerprint density at radius 1 is 1.15 bits per heavy atom. The zero-order valence-corrected chi connectivity index (χ0v) is 11.4. The standard InChI is InChI=1S/C15H13ClFN3/c16-12-8-4-7-11(14(12)17)13-9-19-15(18)20(13)10-5-2-1-3-6-10/h1-8,13H,9H2,(H2,18,19). The first-order chi connectivity index (χ1) is 9.68. The minimum Gasteiger partial charge on any atom is -0.369 e. The van der Waals surface area contributed by atoms with Gasteiger partial charge in [0.05, 0.1) is 17.6 Å². The molecule has 0 aliphatic carbocycles. The maximum atomic E-state index is 14.2. The summed E-state index contributed by atoms with van der Waals surface area (Å²) in [7, 11) is 0. The molecule has 2 aromatic rings. The van der Waals surface area contributed by atoms with Crippen LogP contribution in [0.3, 0.4) is 0 Å². The van der Waals surface area contributed by atoms with Crippen LogP contribution in [0.1, 0.15) is 11.6 Å². The van der Waals surface area contributed by atoms with Crippen molar-refractivity contribution in [1.82, 2.24) is 0 Å². The monoisotopic (exact) mass is 289 g/mol. The van der Waals surface area contributed by atoms with Gasteiger partial charge < -0.3 is 10.6 Å². The molecule has 1 aliphatic heterocycles. The van der Waals surface area contributed by atoms with Crippen molar-refractivity contribution in [3.05, 3.63) is 64.9 Å². The minimum atomic E-state index is -0.412. The topological polar surface area (TPSA) is 41.6 Å². The van der Waals surface area contributed by atoms with Gasteiger partial charge in [-0.25, -0.2) is 4.39 Å². The molecule has 0 fully saturated rings. The highest BCUT2D eigenvalue weighted by Crippen LogP contribution is 2.33. The molecule has 1 atom stereocenters. The Labute approximate surface area is 121 Å². The molecule has 1 aliphatic rings. The summed E-state index contributed by atoms with van der Waals surface area (Å²) in [6, 6.07) is 14.3. The average Bonchev–Trinajstić information content (AvgIpc) is 2.84. The van der Waals surface area contributed by atoms with E-state index in [2.05, 4.69) is 4.99 Å². The fourth-order valence-electron chi connectivity index (χ4n) is 2.41. The minimum absolute atomic E-state index is 0.112. The van der Waals surface area contributed by atoms with E-state index in [0.29, 0.717) is 18.1 Å². The smallest absolute Gasteiger partial charge is 0.196 e. The van der Waals surface area contributed by atoms with Gasteiger partial charge in [0, 0.05) is 11.3 Å². The molecular weight excluding hydrogens is 277 g/mol. The quantitative estimate of drug-likeness (QED) is 0.921. The normalized spacial score (nSPS) is 18.2. The Morgan fingerprint density at radius 2 is 1.90 bits per heavy atom. The molecule has 3 nitrogen and oxygen atoms in total. The van der Waals surface area contributed by atoms with Gasteiger partial charge in [0.1, 0.15) is 5.82 Å². The summed E-state index contributed by atoms with van der Waals surface area (Å²) in [6.45, 7) is 0.415. The van der Waals surface area contributed by atoms with Gasteiger partial charge in [-0.05, 0) is 18.2 Å². The number of rotatable bonds is 2. The molecule has 1 unspecified atom stereocenters. The number of hydrogen-bond donors (Lipinski definition) is 1. The summed E-state index contributed by atoms with van der Waals surface area (Å²) in [5, 5.41) is 0.112. The van der Waals surface area contributed by atoms with E-state index < -0.39 is 5.82 Å². The van der Waals surface area contributed by atoms with Crippen LogP contribution in [0.15, 0.2) is 53.5 Å². The molecule has 3 rings (SSSR count). The zero-order valence-electron chi connectivity index (χ0n) is 10.6. The Balaban J connectivity index is 2.04. The molecule has 1 heterocycles. The van der Waals surface area contributed by atoms with Gasteiger partial charge in [0.15, 0.2) is 5.96 Å². The second kappa shape index (κ2) is 5.13. The van der Waals surface area contributed by atoms with Crippen molar-refractivity contribution < 1.29 is 4.39 Å². The molecule has 5 heteroatoms. The number of guanidine groups is 1. The van der Waals surface area contributed by atoms with E-state index in [-0.39, 0.29) is 11.1 Å². The summed E-state index contributed by atoms with van der Waals surface area (Å²) >= 11 is 5.86. The molecule has 2 N–H and O–H groups in total. The second-order valence-electron chi connectivity index (χ2n) is 4.56. The van der Waals surface area contributed by atoms with Crippen molar-refractivity contribution in [2.45, 2.75) is 6.04 Å².